The van der Waals surface area contributed by atoms with Crippen LogP contribution < -0.4 is 10.6 Å². The fourth-order valence-electron chi connectivity index (χ4n) is 4.40. The molecule has 1 saturated heterocycles. The van der Waals surface area contributed by atoms with Gasteiger partial charge in [0.1, 0.15) is 5.58 Å². The van der Waals surface area contributed by atoms with Gasteiger partial charge in [-0.05, 0) is 43.7 Å². The molecule has 1 aliphatic carbocycles. The zero-order valence-electron chi connectivity index (χ0n) is 17.2. The highest BCUT2D eigenvalue weighted by molar-refractivity contribution is 6.35. The van der Waals surface area contributed by atoms with Crippen LogP contribution in [0.1, 0.15) is 55.5 Å². The number of hydrogen-bond donors (Lipinski definition) is 2. The minimum Gasteiger partial charge on any atom is -0.451 e. The van der Waals surface area contributed by atoms with Crippen molar-refractivity contribution in [3.8, 4) is 0 Å². The molecule has 30 heavy (non-hydrogen) atoms. The largest absolute Gasteiger partial charge is 0.451 e. The van der Waals surface area contributed by atoms with Crippen molar-refractivity contribution in [1.82, 2.24) is 15.5 Å². The summed E-state index contributed by atoms with van der Waals surface area (Å²) in [5.74, 6) is -0.556. The Kier molecular flexibility index (Phi) is 6.35. The van der Waals surface area contributed by atoms with Gasteiger partial charge in [0.05, 0.1) is 0 Å². The van der Waals surface area contributed by atoms with Crippen LogP contribution in [0.5, 0.6) is 0 Å². The van der Waals surface area contributed by atoms with Crippen LogP contribution in [0.15, 0.2) is 34.7 Å². The molecule has 0 atom stereocenters. The van der Waals surface area contributed by atoms with Gasteiger partial charge in [0.25, 0.3) is 5.91 Å². The first-order chi connectivity index (χ1) is 14.6. The number of fused-ring (bicyclic) bond motifs is 1. The second-order valence-corrected chi connectivity index (χ2v) is 8.40. The monoisotopic (exact) mass is 411 g/mol. The Balaban J connectivity index is 1.21. The van der Waals surface area contributed by atoms with Crippen molar-refractivity contribution >= 4 is 28.7 Å². The maximum atomic E-state index is 12.7. The van der Waals surface area contributed by atoms with E-state index >= 15 is 0 Å². The van der Waals surface area contributed by atoms with E-state index in [1.807, 2.05) is 24.3 Å². The molecule has 2 aliphatic rings. The Morgan fingerprint density at radius 1 is 0.967 bits per heavy atom. The summed E-state index contributed by atoms with van der Waals surface area (Å²) in [4.78, 5) is 38.7. The molecule has 160 valence electrons. The molecule has 1 saturated carbocycles. The summed E-state index contributed by atoms with van der Waals surface area (Å²) >= 11 is 0. The smallest absolute Gasteiger partial charge is 0.309 e. The van der Waals surface area contributed by atoms with Gasteiger partial charge in [-0.15, -0.1) is 0 Å². The third-order valence-corrected chi connectivity index (χ3v) is 6.24. The number of furan rings is 1. The molecule has 3 amide bonds. The highest BCUT2D eigenvalue weighted by Crippen LogP contribution is 2.23. The molecule has 1 aliphatic heterocycles. The average Bonchev–Trinajstić information content (AvgIpc) is 3.22. The molecule has 0 spiro atoms. The number of carbonyl (C=O) groups is 3. The molecule has 0 radical (unpaired) electrons. The number of amides is 3. The number of para-hydroxylation sites is 1. The lowest BCUT2D eigenvalue weighted by Crippen LogP contribution is -2.47. The van der Waals surface area contributed by atoms with Gasteiger partial charge in [-0.25, -0.2) is 0 Å². The SMILES string of the molecule is O=C(NCC1CCN(C(=O)c2cc3ccccc3o2)CC1)C(=O)NC1CCCCC1. The van der Waals surface area contributed by atoms with Crippen molar-refractivity contribution < 1.29 is 18.8 Å². The van der Waals surface area contributed by atoms with E-state index in [2.05, 4.69) is 10.6 Å². The number of nitrogens with one attached hydrogen (secondary N) is 2. The molecular formula is C23H29N3O4. The van der Waals surface area contributed by atoms with Crippen LogP contribution in [0, 0.1) is 5.92 Å². The summed E-state index contributed by atoms with van der Waals surface area (Å²) in [6.07, 6.45) is 6.91. The van der Waals surface area contributed by atoms with Gasteiger partial charge < -0.3 is 20.0 Å². The Bertz CT molecular complexity index is 875. The highest BCUT2D eigenvalue weighted by Gasteiger charge is 2.27. The van der Waals surface area contributed by atoms with Crippen LogP contribution in [0.3, 0.4) is 0 Å². The second kappa shape index (κ2) is 9.32. The zero-order chi connectivity index (χ0) is 20.9. The predicted molar refractivity (Wildman–Crippen MR) is 113 cm³/mol. The quantitative estimate of drug-likeness (QED) is 0.757. The normalized spacial score (nSPS) is 18.3. The predicted octanol–water partition coefficient (Wildman–Crippen LogP) is 2.85. The van der Waals surface area contributed by atoms with Crippen LogP contribution in [-0.4, -0.2) is 48.3 Å². The number of nitrogens with zero attached hydrogens (tertiary/aromatic N) is 1. The molecule has 2 N–H and O–H groups in total. The Morgan fingerprint density at radius 3 is 2.43 bits per heavy atom. The molecule has 1 aromatic heterocycles. The van der Waals surface area contributed by atoms with Crippen molar-refractivity contribution in [3.05, 3.63) is 36.1 Å². The van der Waals surface area contributed by atoms with Crippen molar-refractivity contribution in [3.63, 3.8) is 0 Å². The summed E-state index contributed by atoms with van der Waals surface area (Å²) < 4.78 is 5.68. The second-order valence-electron chi connectivity index (χ2n) is 8.40. The molecule has 7 nitrogen and oxygen atoms in total. The van der Waals surface area contributed by atoms with E-state index in [0.717, 1.165) is 43.9 Å². The molecule has 2 fully saturated rings. The van der Waals surface area contributed by atoms with Crippen LogP contribution in [-0.2, 0) is 9.59 Å². The van der Waals surface area contributed by atoms with Crippen molar-refractivity contribution in [1.29, 1.82) is 0 Å². The molecule has 4 rings (SSSR count). The number of rotatable bonds is 4. The highest BCUT2D eigenvalue weighted by atomic mass is 16.3. The number of benzene rings is 1. The molecule has 0 unspecified atom stereocenters. The Labute approximate surface area is 176 Å². The van der Waals surface area contributed by atoms with Gasteiger partial charge in [0.2, 0.25) is 0 Å². The summed E-state index contributed by atoms with van der Waals surface area (Å²) in [6, 6.07) is 9.50. The van der Waals surface area contributed by atoms with Crippen LogP contribution in [0.2, 0.25) is 0 Å². The average molecular weight is 412 g/mol. The maximum Gasteiger partial charge on any atom is 0.309 e. The lowest BCUT2D eigenvalue weighted by atomic mass is 9.95. The van der Waals surface area contributed by atoms with Gasteiger partial charge in [0, 0.05) is 31.1 Å². The zero-order valence-corrected chi connectivity index (χ0v) is 17.2. The number of piperidine rings is 1. The minimum atomic E-state index is -0.554. The van der Waals surface area contributed by atoms with Gasteiger partial charge in [0.15, 0.2) is 5.76 Å². The van der Waals surface area contributed by atoms with E-state index in [1.54, 1.807) is 11.0 Å². The van der Waals surface area contributed by atoms with Crippen LogP contribution in [0.4, 0.5) is 0 Å². The fourth-order valence-corrected chi connectivity index (χ4v) is 4.40. The first-order valence-electron chi connectivity index (χ1n) is 11.0. The van der Waals surface area contributed by atoms with Crippen molar-refractivity contribution in [2.45, 2.75) is 51.0 Å². The topological polar surface area (TPSA) is 91.7 Å². The molecule has 7 heteroatoms. The molecule has 2 aromatic rings. The minimum absolute atomic E-state index is 0.0967. The van der Waals surface area contributed by atoms with E-state index in [1.165, 1.54) is 6.42 Å². The maximum absolute atomic E-state index is 12.7. The third-order valence-electron chi connectivity index (χ3n) is 6.24. The van der Waals surface area contributed by atoms with Crippen LogP contribution >= 0.6 is 0 Å². The van der Waals surface area contributed by atoms with Crippen molar-refractivity contribution in [2.24, 2.45) is 5.92 Å². The molecule has 2 heterocycles. The fraction of sp³-hybridized carbons (Fsp3) is 0.522. The summed E-state index contributed by atoms with van der Waals surface area (Å²) in [5, 5.41) is 6.53. The number of likely N-dealkylation sites (tertiary alicyclic amines) is 1. The summed E-state index contributed by atoms with van der Waals surface area (Å²) in [7, 11) is 0. The van der Waals surface area contributed by atoms with E-state index in [9.17, 15) is 14.4 Å². The van der Waals surface area contributed by atoms with Gasteiger partial charge >= 0.3 is 11.8 Å². The summed E-state index contributed by atoms with van der Waals surface area (Å²) in [6.45, 7) is 1.69. The summed E-state index contributed by atoms with van der Waals surface area (Å²) in [5.41, 5.74) is 0.713. The van der Waals surface area contributed by atoms with Gasteiger partial charge in [-0.3, -0.25) is 14.4 Å². The first-order valence-corrected chi connectivity index (χ1v) is 11.0. The molecule has 1 aromatic carbocycles. The Hall–Kier alpha value is -2.83. The lowest BCUT2D eigenvalue weighted by molar-refractivity contribution is -0.139. The van der Waals surface area contributed by atoms with E-state index in [0.29, 0.717) is 31.0 Å². The molecular weight excluding hydrogens is 382 g/mol. The van der Waals surface area contributed by atoms with E-state index in [-0.39, 0.29) is 17.9 Å². The number of carbonyl (C=O) groups excluding carboxylic acids is 3. The van der Waals surface area contributed by atoms with Gasteiger partial charge in [-0.2, -0.15) is 0 Å². The third kappa shape index (κ3) is 4.83. The van der Waals surface area contributed by atoms with Crippen LogP contribution in [0.25, 0.3) is 11.0 Å². The van der Waals surface area contributed by atoms with Gasteiger partial charge in [-0.1, -0.05) is 37.5 Å². The van der Waals surface area contributed by atoms with Crippen molar-refractivity contribution in [2.75, 3.05) is 19.6 Å². The lowest BCUT2D eigenvalue weighted by Gasteiger charge is -2.31. The molecule has 0 bridgehead atoms. The number of hydrogen-bond acceptors (Lipinski definition) is 4. The van der Waals surface area contributed by atoms with E-state index < -0.39 is 11.8 Å². The van der Waals surface area contributed by atoms with E-state index in [4.69, 9.17) is 4.42 Å². The first kappa shape index (κ1) is 20.4. The standard InChI is InChI=1S/C23H29N3O4/c27-21(22(28)25-18-7-2-1-3-8-18)24-15-16-10-12-26(13-11-16)23(29)20-14-17-6-4-5-9-19(17)30-20/h4-6,9,14,16,18H,1-3,7-8,10-13,15H2,(H,24,27)(H,25,28). The Morgan fingerprint density at radius 2 is 1.70 bits per heavy atom.